The van der Waals surface area contributed by atoms with Gasteiger partial charge in [0.15, 0.2) is 0 Å². The minimum absolute atomic E-state index is 0.199. The number of carbonyl (C=O) groups is 1. The Balaban J connectivity index is 2.49. The first-order valence-corrected chi connectivity index (χ1v) is 6.75. The molecule has 1 amide bonds. The Kier molecular flexibility index (Phi) is 6.29. The van der Waals surface area contributed by atoms with Crippen LogP contribution in [-0.2, 0) is 4.79 Å². The van der Waals surface area contributed by atoms with Crippen molar-refractivity contribution in [3.05, 3.63) is 28.5 Å². The molecular weight excluding hydrogens is 299 g/mol. The first kappa shape index (κ1) is 15.1. The van der Waals surface area contributed by atoms with Crippen LogP contribution in [0, 0.1) is 5.82 Å². The molecule has 0 radical (unpaired) electrons. The van der Waals surface area contributed by atoms with Crippen molar-refractivity contribution in [1.82, 2.24) is 4.90 Å². The predicted molar refractivity (Wildman–Crippen MR) is 75.1 cm³/mol. The molecule has 0 spiro atoms. The van der Waals surface area contributed by atoms with E-state index in [0.717, 1.165) is 19.4 Å². The normalized spacial score (nSPS) is 10.7. The van der Waals surface area contributed by atoms with E-state index in [-0.39, 0.29) is 18.1 Å². The lowest BCUT2D eigenvalue weighted by atomic mass is 10.3. The SMILES string of the molecule is CCCCN(C)CC(=O)Nc1ccc(Br)cc1F. The number of nitrogens with zero attached hydrogens (tertiary/aromatic N) is 1. The van der Waals surface area contributed by atoms with Gasteiger partial charge in [-0.1, -0.05) is 29.3 Å². The van der Waals surface area contributed by atoms with Gasteiger partial charge in [-0.15, -0.1) is 0 Å². The van der Waals surface area contributed by atoms with Crippen LogP contribution in [0.1, 0.15) is 19.8 Å². The fraction of sp³-hybridized carbons (Fsp3) is 0.462. The summed E-state index contributed by atoms with van der Waals surface area (Å²) in [6, 6.07) is 4.57. The second kappa shape index (κ2) is 7.48. The number of anilines is 1. The fourth-order valence-electron chi connectivity index (χ4n) is 1.53. The maximum Gasteiger partial charge on any atom is 0.238 e. The van der Waals surface area contributed by atoms with Crippen molar-refractivity contribution in [2.75, 3.05) is 25.5 Å². The predicted octanol–water partition coefficient (Wildman–Crippen LogP) is 3.26. The molecule has 1 aromatic carbocycles. The summed E-state index contributed by atoms with van der Waals surface area (Å²) in [5, 5.41) is 2.57. The lowest BCUT2D eigenvalue weighted by Crippen LogP contribution is -2.31. The first-order chi connectivity index (χ1) is 8.52. The van der Waals surface area contributed by atoms with E-state index in [0.29, 0.717) is 4.47 Å². The minimum atomic E-state index is -0.436. The van der Waals surface area contributed by atoms with E-state index in [2.05, 4.69) is 28.2 Å². The summed E-state index contributed by atoms with van der Waals surface area (Å²) in [6.07, 6.45) is 2.14. The van der Waals surface area contributed by atoms with Crippen LogP contribution < -0.4 is 5.32 Å². The number of amides is 1. The van der Waals surface area contributed by atoms with Gasteiger partial charge in [0.1, 0.15) is 5.82 Å². The first-order valence-electron chi connectivity index (χ1n) is 5.96. The van der Waals surface area contributed by atoms with Gasteiger partial charge >= 0.3 is 0 Å². The Labute approximate surface area is 115 Å². The summed E-state index contributed by atoms with van der Waals surface area (Å²) in [6.45, 7) is 3.24. The largest absolute Gasteiger partial charge is 0.322 e. The number of benzene rings is 1. The van der Waals surface area contributed by atoms with Gasteiger partial charge in [0.25, 0.3) is 0 Å². The van der Waals surface area contributed by atoms with Gasteiger partial charge in [-0.2, -0.15) is 0 Å². The van der Waals surface area contributed by atoms with Gasteiger partial charge in [-0.25, -0.2) is 4.39 Å². The van der Waals surface area contributed by atoms with Crippen molar-refractivity contribution in [2.24, 2.45) is 0 Å². The van der Waals surface area contributed by atoms with Gasteiger partial charge in [-0.3, -0.25) is 9.69 Å². The standard InChI is InChI=1S/C13H18BrFN2O/c1-3-4-7-17(2)9-13(18)16-12-6-5-10(14)8-11(12)15/h5-6,8H,3-4,7,9H2,1-2H3,(H,16,18). The molecule has 3 nitrogen and oxygen atoms in total. The molecule has 1 aromatic rings. The molecule has 0 aliphatic carbocycles. The summed E-state index contributed by atoms with van der Waals surface area (Å²) in [4.78, 5) is 13.6. The number of carbonyl (C=O) groups excluding carboxylic acids is 1. The van der Waals surface area contributed by atoms with Crippen LogP contribution in [-0.4, -0.2) is 30.9 Å². The lowest BCUT2D eigenvalue weighted by molar-refractivity contribution is -0.117. The number of nitrogens with one attached hydrogen (secondary N) is 1. The molecule has 0 unspecified atom stereocenters. The quantitative estimate of drug-likeness (QED) is 0.873. The molecule has 0 saturated heterocycles. The van der Waals surface area contributed by atoms with Crippen LogP contribution in [0.2, 0.25) is 0 Å². The van der Waals surface area contributed by atoms with Crippen LogP contribution in [0.4, 0.5) is 10.1 Å². The molecule has 0 bridgehead atoms. The maximum absolute atomic E-state index is 13.5. The monoisotopic (exact) mass is 316 g/mol. The van der Waals surface area contributed by atoms with E-state index in [9.17, 15) is 9.18 Å². The molecule has 0 aliphatic rings. The second-order valence-corrected chi connectivity index (χ2v) is 5.18. The van der Waals surface area contributed by atoms with Crippen molar-refractivity contribution in [1.29, 1.82) is 0 Å². The lowest BCUT2D eigenvalue weighted by Gasteiger charge is -2.15. The maximum atomic E-state index is 13.5. The zero-order valence-corrected chi connectivity index (χ0v) is 12.3. The Morgan fingerprint density at radius 2 is 2.22 bits per heavy atom. The highest BCUT2D eigenvalue weighted by Crippen LogP contribution is 2.19. The highest BCUT2D eigenvalue weighted by Gasteiger charge is 2.09. The molecule has 0 heterocycles. The second-order valence-electron chi connectivity index (χ2n) is 4.26. The summed E-state index contributed by atoms with van der Waals surface area (Å²) in [5.41, 5.74) is 0.215. The van der Waals surface area contributed by atoms with Crippen molar-refractivity contribution >= 4 is 27.5 Å². The Hall–Kier alpha value is -0.940. The molecule has 1 N–H and O–H groups in total. The molecule has 0 atom stereocenters. The van der Waals surface area contributed by atoms with Crippen LogP contribution in [0.3, 0.4) is 0 Å². The Morgan fingerprint density at radius 3 is 2.83 bits per heavy atom. The highest BCUT2D eigenvalue weighted by molar-refractivity contribution is 9.10. The van der Waals surface area contributed by atoms with Crippen LogP contribution in [0.15, 0.2) is 22.7 Å². The number of hydrogen-bond donors (Lipinski definition) is 1. The number of halogens is 2. The fourth-order valence-corrected chi connectivity index (χ4v) is 1.87. The Bertz CT molecular complexity index is 412. The highest BCUT2D eigenvalue weighted by atomic mass is 79.9. The Morgan fingerprint density at radius 1 is 1.50 bits per heavy atom. The molecule has 0 fully saturated rings. The number of hydrogen-bond acceptors (Lipinski definition) is 2. The summed E-state index contributed by atoms with van der Waals surface area (Å²) in [5.74, 6) is -0.635. The van der Waals surface area contributed by atoms with E-state index in [1.807, 2.05) is 11.9 Å². The third kappa shape index (κ3) is 5.14. The van der Waals surface area contributed by atoms with Crippen molar-refractivity contribution in [3.63, 3.8) is 0 Å². The summed E-state index contributed by atoms with van der Waals surface area (Å²) >= 11 is 3.17. The van der Waals surface area contributed by atoms with Gasteiger partial charge < -0.3 is 5.32 Å². The van der Waals surface area contributed by atoms with Crippen LogP contribution >= 0.6 is 15.9 Å². The molecule has 1 rings (SSSR count). The van der Waals surface area contributed by atoms with Crippen molar-refractivity contribution in [2.45, 2.75) is 19.8 Å². The summed E-state index contributed by atoms with van der Waals surface area (Å²) in [7, 11) is 1.88. The van der Waals surface area contributed by atoms with Crippen molar-refractivity contribution in [3.8, 4) is 0 Å². The van der Waals surface area contributed by atoms with E-state index < -0.39 is 5.82 Å². The zero-order chi connectivity index (χ0) is 13.5. The summed E-state index contributed by atoms with van der Waals surface area (Å²) < 4.78 is 14.1. The minimum Gasteiger partial charge on any atom is -0.322 e. The third-order valence-electron chi connectivity index (χ3n) is 2.51. The topological polar surface area (TPSA) is 32.3 Å². The van der Waals surface area contributed by atoms with Gasteiger partial charge in [0, 0.05) is 4.47 Å². The van der Waals surface area contributed by atoms with Gasteiger partial charge in [0.05, 0.1) is 12.2 Å². The van der Waals surface area contributed by atoms with Crippen molar-refractivity contribution < 1.29 is 9.18 Å². The molecule has 0 saturated carbocycles. The average Bonchev–Trinajstić information content (AvgIpc) is 2.30. The molecule has 0 aliphatic heterocycles. The molecule has 18 heavy (non-hydrogen) atoms. The average molecular weight is 317 g/mol. The number of likely N-dealkylation sites (N-methyl/N-ethyl adjacent to an activating group) is 1. The van der Waals surface area contributed by atoms with Gasteiger partial charge in [-0.05, 0) is 38.2 Å². The van der Waals surface area contributed by atoms with E-state index >= 15 is 0 Å². The number of unbranched alkanes of at least 4 members (excludes halogenated alkanes) is 1. The third-order valence-corrected chi connectivity index (χ3v) is 3.01. The van der Waals surface area contributed by atoms with E-state index in [1.54, 1.807) is 12.1 Å². The molecule has 5 heteroatoms. The molecular formula is C13H18BrFN2O. The van der Waals surface area contributed by atoms with Gasteiger partial charge in [0.2, 0.25) is 5.91 Å². The van der Waals surface area contributed by atoms with Crippen LogP contribution in [0.25, 0.3) is 0 Å². The van der Waals surface area contributed by atoms with E-state index in [1.165, 1.54) is 6.07 Å². The smallest absolute Gasteiger partial charge is 0.238 e. The number of rotatable bonds is 6. The van der Waals surface area contributed by atoms with E-state index in [4.69, 9.17) is 0 Å². The molecule has 0 aromatic heterocycles. The zero-order valence-electron chi connectivity index (χ0n) is 10.7. The molecule has 100 valence electrons. The van der Waals surface area contributed by atoms with Crippen LogP contribution in [0.5, 0.6) is 0 Å².